The number of carboxylic acid groups (broad SMARTS) is 1. The average Bonchev–Trinajstić information content (AvgIpc) is 2.90. The maximum atomic E-state index is 11.8. The number of nitro groups is 1. The minimum Gasteiger partial charge on any atom is -0.481 e. The van der Waals surface area contributed by atoms with Crippen LogP contribution >= 0.6 is 0 Å². The Bertz CT molecular complexity index is 689. The fourth-order valence-corrected chi connectivity index (χ4v) is 1.62. The highest BCUT2D eigenvalue weighted by Gasteiger charge is 2.17. The van der Waals surface area contributed by atoms with Gasteiger partial charge in [-0.3, -0.25) is 19.7 Å². The Labute approximate surface area is 118 Å². The molecule has 2 N–H and O–H groups in total. The first kappa shape index (κ1) is 14.3. The summed E-state index contributed by atoms with van der Waals surface area (Å²) >= 11 is 0. The summed E-state index contributed by atoms with van der Waals surface area (Å²) in [5, 5.41) is 21.6. The number of aliphatic carboxylic acids is 1. The SMILES string of the molecule is O=C(O)Cc1ccc(NC(=O)c2ccc([N+](=O)[O-])o2)cc1. The molecule has 8 heteroatoms. The smallest absolute Gasteiger partial charge is 0.433 e. The molecule has 0 saturated heterocycles. The van der Waals surface area contributed by atoms with E-state index in [1.54, 1.807) is 12.1 Å². The molecular weight excluding hydrogens is 280 g/mol. The van der Waals surface area contributed by atoms with Crippen LogP contribution in [0.15, 0.2) is 40.8 Å². The molecule has 1 aromatic carbocycles. The van der Waals surface area contributed by atoms with Gasteiger partial charge in [0.1, 0.15) is 4.92 Å². The highest BCUT2D eigenvalue weighted by molar-refractivity contribution is 6.02. The molecule has 0 unspecified atom stereocenters. The van der Waals surface area contributed by atoms with Gasteiger partial charge in [-0.1, -0.05) is 12.1 Å². The van der Waals surface area contributed by atoms with Crippen molar-refractivity contribution in [2.24, 2.45) is 0 Å². The molecule has 0 radical (unpaired) electrons. The number of anilines is 1. The molecule has 0 spiro atoms. The van der Waals surface area contributed by atoms with Gasteiger partial charge in [0.25, 0.3) is 5.91 Å². The van der Waals surface area contributed by atoms with E-state index in [4.69, 9.17) is 9.52 Å². The van der Waals surface area contributed by atoms with E-state index >= 15 is 0 Å². The molecule has 1 heterocycles. The van der Waals surface area contributed by atoms with Crippen molar-refractivity contribution < 1.29 is 24.0 Å². The molecule has 8 nitrogen and oxygen atoms in total. The van der Waals surface area contributed by atoms with Crippen molar-refractivity contribution in [1.82, 2.24) is 0 Å². The summed E-state index contributed by atoms with van der Waals surface area (Å²) in [6.45, 7) is 0. The number of benzene rings is 1. The zero-order valence-corrected chi connectivity index (χ0v) is 10.6. The van der Waals surface area contributed by atoms with Crippen LogP contribution in [0.5, 0.6) is 0 Å². The second kappa shape index (κ2) is 5.87. The van der Waals surface area contributed by atoms with E-state index in [1.807, 2.05) is 0 Å². The number of hydrogen-bond acceptors (Lipinski definition) is 5. The molecule has 2 aromatic rings. The van der Waals surface area contributed by atoms with E-state index in [0.717, 1.165) is 6.07 Å². The predicted molar refractivity (Wildman–Crippen MR) is 71.1 cm³/mol. The van der Waals surface area contributed by atoms with Gasteiger partial charge in [0, 0.05) is 5.69 Å². The summed E-state index contributed by atoms with van der Waals surface area (Å²) in [4.78, 5) is 32.0. The highest BCUT2D eigenvalue weighted by Crippen LogP contribution is 2.17. The van der Waals surface area contributed by atoms with Crippen LogP contribution in [0, 0.1) is 10.1 Å². The number of carboxylic acids is 1. The Morgan fingerprint density at radius 2 is 1.86 bits per heavy atom. The zero-order valence-electron chi connectivity index (χ0n) is 10.6. The third-order valence-corrected chi connectivity index (χ3v) is 2.56. The van der Waals surface area contributed by atoms with Crippen molar-refractivity contribution in [2.75, 3.05) is 5.32 Å². The molecule has 108 valence electrons. The van der Waals surface area contributed by atoms with E-state index in [0.29, 0.717) is 11.3 Å². The van der Waals surface area contributed by atoms with Crippen molar-refractivity contribution in [3.8, 4) is 0 Å². The number of carbonyl (C=O) groups is 2. The molecule has 0 bridgehead atoms. The normalized spacial score (nSPS) is 10.1. The number of rotatable bonds is 5. The maximum Gasteiger partial charge on any atom is 0.433 e. The van der Waals surface area contributed by atoms with Crippen LogP contribution in [-0.2, 0) is 11.2 Å². The Kier molecular flexibility index (Phi) is 3.98. The van der Waals surface area contributed by atoms with Gasteiger partial charge >= 0.3 is 11.9 Å². The molecule has 1 aromatic heterocycles. The number of nitrogens with zero attached hydrogens (tertiary/aromatic N) is 1. The molecule has 2 rings (SSSR count). The highest BCUT2D eigenvalue weighted by atomic mass is 16.6. The third kappa shape index (κ3) is 3.66. The predicted octanol–water partition coefficient (Wildman–Crippen LogP) is 2.07. The van der Waals surface area contributed by atoms with E-state index in [-0.39, 0.29) is 12.2 Å². The first-order valence-electron chi connectivity index (χ1n) is 5.82. The molecular formula is C13H10N2O6. The Morgan fingerprint density at radius 3 is 2.38 bits per heavy atom. The lowest BCUT2D eigenvalue weighted by molar-refractivity contribution is -0.402. The zero-order chi connectivity index (χ0) is 15.4. The number of furan rings is 1. The second-order valence-electron chi connectivity index (χ2n) is 4.12. The van der Waals surface area contributed by atoms with Crippen molar-refractivity contribution >= 4 is 23.4 Å². The molecule has 0 atom stereocenters. The molecule has 0 fully saturated rings. The Balaban J connectivity index is 2.04. The lowest BCUT2D eigenvalue weighted by atomic mass is 10.1. The summed E-state index contributed by atoms with van der Waals surface area (Å²) in [7, 11) is 0. The van der Waals surface area contributed by atoms with Gasteiger partial charge in [-0.25, -0.2) is 0 Å². The summed E-state index contributed by atoms with van der Waals surface area (Å²) < 4.78 is 4.77. The van der Waals surface area contributed by atoms with E-state index in [2.05, 4.69) is 5.32 Å². The summed E-state index contributed by atoms with van der Waals surface area (Å²) in [5.74, 6) is -2.28. The minimum atomic E-state index is -0.949. The Hall–Kier alpha value is -3.16. The lowest BCUT2D eigenvalue weighted by Gasteiger charge is -2.04. The van der Waals surface area contributed by atoms with Gasteiger partial charge in [0.2, 0.25) is 0 Å². The van der Waals surface area contributed by atoms with Gasteiger partial charge in [0.05, 0.1) is 12.5 Å². The van der Waals surface area contributed by atoms with Gasteiger partial charge in [-0.05, 0) is 23.8 Å². The van der Waals surface area contributed by atoms with Gasteiger partial charge in [-0.15, -0.1) is 0 Å². The van der Waals surface area contributed by atoms with Crippen LogP contribution in [-0.4, -0.2) is 21.9 Å². The molecule has 0 saturated carbocycles. The number of amides is 1. The standard InChI is InChI=1S/C13H10N2O6/c16-12(17)7-8-1-3-9(4-2-8)14-13(18)10-5-6-11(21-10)15(19)20/h1-6H,7H2,(H,14,18)(H,16,17). The molecule has 1 amide bonds. The average molecular weight is 290 g/mol. The van der Waals surface area contributed by atoms with Crippen LogP contribution in [0.3, 0.4) is 0 Å². The number of nitrogens with one attached hydrogen (secondary N) is 1. The van der Waals surface area contributed by atoms with Gasteiger partial charge in [0.15, 0.2) is 5.76 Å². The summed E-state index contributed by atoms with van der Waals surface area (Å²) in [6.07, 6.45) is -0.112. The van der Waals surface area contributed by atoms with Crippen molar-refractivity contribution in [2.45, 2.75) is 6.42 Å². The molecule has 0 aliphatic rings. The minimum absolute atomic E-state index is 0.112. The van der Waals surface area contributed by atoms with Crippen LogP contribution < -0.4 is 5.32 Å². The maximum absolute atomic E-state index is 11.8. The monoisotopic (exact) mass is 290 g/mol. The largest absolute Gasteiger partial charge is 0.481 e. The fourth-order valence-electron chi connectivity index (χ4n) is 1.62. The van der Waals surface area contributed by atoms with Crippen LogP contribution in [0.25, 0.3) is 0 Å². The van der Waals surface area contributed by atoms with Crippen LogP contribution in [0.1, 0.15) is 16.1 Å². The first-order chi connectivity index (χ1) is 9.95. The molecule has 21 heavy (non-hydrogen) atoms. The quantitative estimate of drug-likeness (QED) is 0.641. The lowest BCUT2D eigenvalue weighted by Crippen LogP contribution is -2.11. The molecule has 0 aliphatic carbocycles. The third-order valence-electron chi connectivity index (χ3n) is 2.56. The summed E-state index contributed by atoms with van der Waals surface area (Å²) in [6, 6.07) is 8.49. The van der Waals surface area contributed by atoms with Crippen molar-refractivity contribution in [3.63, 3.8) is 0 Å². The topological polar surface area (TPSA) is 123 Å². The van der Waals surface area contributed by atoms with Crippen LogP contribution in [0.4, 0.5) is 11.6 Å². The van der Waals surface area contributed by atoms with Gasteiger partial charge in [-0.2, -0.15) is 0 Å². The van der Waals surface area contributed by atoms with E-state index in [9.17, 15) is 19.7 Å². The number of hydrogen-bond donors (Lipinski definition) is 2. The van der Waals surface area contributed by atoms with Crippen molar-refractivity contribution in [3.05, 3.63) is 57.8 Å². The van der Waals surface area contributed by atoms with Crippen molar-refractivity contribution in [1.29, 1.82) is 0 Å². The van der Waals surface area contributed by atoms with E-state index < -0.39 is 22.7 Å². The first-order valence-corrected chi connectivity index (χ1v) is 5.82. The van der Waals surface area contributed by atoms with Gasteiger partial charge < -0.3 is 14.8 Å². The Morgan fingerprint density at radius 1 is 1.19 bits per heavy atom. The fraction of sp³-hybridized carbons (Fsp3) is 0.0769. The second-order valence-corrected chi connectivity index (χ2v) is 4.12. The van der Waals surface area contributed by atoms with Crippen LogP contribution in [0.2, 0.25) is 0 Å². The summed E-state index contributed by atoms with van der Waals surface area (Å²) in [5.41, 5.74) is 1.02. The molecule has 0 aliphatic heterocycles. The van der Waals surface area contributed by atoms with E-state index in [1.165, 1.54) is 18.2 Å². The number of carbonyl (C=O) groups excluding carboxylic acids is 1.